The van der Waals surface area contributed by atoms with Crippen LogP contribution in [-0.2, 0) is 0 Å². The number of nitrogens with zero attached hydrogens (tertiary/aromatic N) is 3. The number of nitrogens with one attached hydrogen (secondary N) is 1. The quantitative estimate of drug-likeness (QED) is 0.467. The average Bonchev–Trinajstić information content (AvgIpc) is 2.42. The maximum atomic E-state index is 10.9. The number of anilines is 1. The van der Waals surface area contributed by atoms with E-state index in [1.54, 1.807) is 6.21 Å². The van der Waals surface area contributed by atoms with Crippen LogP contribution in [0.3, 0.4) is 0 Å². The number of hydrazone groups is 1. The summed E-state index contributed by atoms with van der Waals surface area (Å²) in [5.41, 5.74) is 1.97. The van der Waals surface area contributed by atoms with E-state index >= 15 is 0 Å². The summed E-state index contributed by atoms with van der Waals surface area (Å²) >= 11 is 0. The molecule has 0 saturated carbocycles. The van der Waals surface area contributed by atoms with Gasteiger partial charge in [0.2, 0.25) is 0 Å². The second kappa shape index (κ2) is 7.17. The van der Waals surface area contributed by atoms with Crippen molar-refractivity contribution < 1.29 is 9.85 Å². The summed E-state index contributed by atoms with van der Waals surface area (Å²) in [5.74, 6) is 0.479. The fraction of sp³-hybridized carbons (Fsp3) is 0.417. The van der Waals surface area contributed by atoms with Crippen molar-refractivity contribution in [1.29, 1.82) is 0 Å². The first kappa shape index (κ1) is 15.5. The molecule has 0 spiro atoms. The highest BCUT2D eigenvalue weighted by Crippen LogP contribution is 2.28. The molecule has 1 aromatic rings. The lowest BCUT2D eigenvalue weighted by molar-refractivity contribution is -0.393. The van der Waals surface area contributed by atoms with Crippen LogP contribution in [0.25, 0.3) is 0 Å². The standard InChI is InChI=1S/C12H16N4O4/c1-3-9(2)6-7-13-14-11-5-4-10(15(17)18)8-12(11)16(19)20/h4-5,7-9,14H,3,6H2,1-2H3/b13-7+/t9-/m1/s1. The molecule has 0 aromatic heterocycles. The van der Waals surface area contributed by atoms with Crippen molar-refractivity contribution in [3.8, 4) is 0 Å². The smallest absolute Gasteiger partial charge is 0.272 e. The Balaban J connectivity index is 2.84. The number of hydrogen-bond acceptors (Lipinski definition) is 6. The van der Waals surface area contributed by atoms with Gasteiger partial charge in [-0.05, 0) is 18.4 Å². The fourth-order valence-corrected chi connectivity index (χ4v) is 1.39. The Morgan fingerprint density at radius 1 is 1.35 bits per heavy atom. The Labute approximate surface area is 115 Å². The third kappa shape index (κ3) is 4.30. The van der Waals surface area contributed by atoms with E-state index in [4.69, 9.17) is 0 Å². The first-order valence-corrected chi connectivity index (χ1v) is 6.16. The summed E-state index contributed by atoms with van der Waals surface area (Å²) in [6, 6.07) is 3.38. The number of benzene rings is 1. The van der Waals surface area contributed by atoms with Gasteiger partial charge in [-0.25, -0.2) is 0 Å². The molecule has 1 atom stereocenters. The molecule has 0 saturated heterocycles. The summed E-state index contributed by atoms with van der Waals surface area (Å²) in [6.45, 7) is 4.13. The SMILES string of the molecule is CC[C@@H](C)C/C=N/Nc1ccc([N+](=O)[O-])cc1[N+](=O)[O-]. The molecule has 1 rings (SSSR count). The zero-order chi connectivity index (χ0) is 15.1. The molecule has 1 aromatic carbocycles. The first-order chi connectivity index (χ1) is 9.45. The Morgan fingerprint density at radius 3 is 2.60 bits per heavy atom. The molecule has 0 unspecified atom stereocenters. The van der Waals surface area contributed by atoms with Crippen molar-refractivity contribution in [2.75, 3.05) is 5.43 Å². The van der Waals surface area contributed by atoms with Gasteiger partial charge in [0, 0.05) is 12.3 Å². The van der Waals surface area contributed by atoms with Gasteiger partial charge in [0.25, 0.3) is 5.69 Å². The average molecular weight is 280 g/mol. The van der Waals surface area contributed by atoms with Crippen LogP contribution in [0.4, 0.5) is 17.1 Å². The molecule has 0 heterocycles. The monoisotopic (exact) mass is 280 g/mol. The highest BCUT2D eigenvalue weighted by Gasteiger charge is 2.18. The molecule has 0 aliphatic heterocycles. The summed E-state index contributed by atoms with van der Waals surface area (Å²) in [5, 5.41) is 25.4. The minimum absolute atomic E-state index is 0.126. The molecular formula is C12H16N4O4. The van der Waals surface area contributed by atoms with Crippen molar-refractivity contribution in [2.24, 2.45) is 11.0 Å². The molecule has 8 nitrogen and oxygen atoms in total. The van der Waals surface area contributed by atoms with Gasteiger partial charge in [-0.1, -0.05) is 20.3 Å². The fourth-order valence-electron chi connectivity index (χ4n) is 1.39. The van der Waals surface area contributed by atoms with Crippen molar-refractivity contribution in [3.05, 3.63) is 38.4 Å². The van der Waals surface area contributed by atoms with Gasteiger partial charge in [-0.15, -0.1) is 0 Å². The third-order valence-corrected chi connectivity index (χ3v) is 2.87. The largest absolute Gasteiger partial charge is 0.301 e. The molecule has 0 aliphatic carbocycles. The lowest BCUT2D eigenvalue weighted by atomic mass is 10.1. The number of hydrogen-bond donors (Lipinski definition) is 1. The number of rotatable bonds is 7. The summed E-state index contributed by atoms with van der Waals surface area (Å²) < 4.78 is 0. The zero-order valence-electron chi connectivity index (χ0n) is 11.3. The predicted molar refractivity (Wildman–Crippen MR) is 75.9 cm³/mol. The zero-order valence-corrected chi connectivity index (χ0v) is 11.3. The Bertz CT molecular complexity index is 530. The Kier molecular flexibility index (Phi) is 5.57. The number of nitro groups is 2. The topological polar surface area (TPSA) is 111 Å². The van der Waals surface area contributed by atoms with Crippen LogP contribution in [0.1, 0.15) is 26.7 Å². The summed E-state index contributed by atoms with van der Waals surface area (Å²) in [7, 11) is 0. The van der Waals surface area contributed by atoms with Crippen LogP contribution >= 0.6 is 0 Å². The molecule has 0 fully saturated rings. The first-order valence-electron chi connectivity index (χ1n) is 6.16. The van der Waals surface area contributed by atoms with E-state index in [2.05, 4.69) is 24.4 Å². The highest BCUT2D eigenvalue weighted by molar-refractivity contribution is 5.67. The highest BCUT2D eigenvalue weighted by atomic mass is 16.6. The van der Waals surface area contributed by atoms with Gasteiger partial charge in [0.05, 0.1) is 15.9 Å². The van der Waals surface area contributed by atoms with E-state index in [0.717, 1.165) is 18.9 Å². The second-order valence-electron chi connectivity index (χ2n) is 4.39. The van der Waals surface area contributed by atoms with Gasteiger partial charge in [0.1, 0.15) is 5.69 Å². The third-order valence-electron chi connectivity index (χ3n) is 2.87. The maximum Gasteiger partial charge on any atom is 0.301 e. The molecule has 108 valence electrons. The molecular weight excluding hydrogens is 264 g/mol. The maximum absolute atomic E-state index is 10.9. The number of nitro benzene ring substituents is 2. The molecule has 0 bridgehead atoms. The van der Waals surface area contributed by atoms with Crippen LogP contribution in [-0.4, -0.2) is 16.1 Å². The molecule has 0 amide bonds. The normalized spacial score (nSPS) is 12.3. The molecule has 8 heteroatoms. The van der Waals surface area contributed by atoms with Gasteiger partial charge < -0.3 is 0 Å². The second-order valence-corrected chi connectivity index (χ2v) is 4.39. The predicted octanol–water partition coefficient (Wildman–Crippen LogP) is 3.34. The van der Waals surface area contributed by atoms with E-state index in [1.165, 1.54) is 12.1 Å². The van der Waals surface area contributed by atoms with Crippen molar-refractivity contribution in [2.45, 2.75) is 26.7 Å². The van der Waals surface area contributed by atoms with E-state index in [-0.39, 0.29) is 17.1 Å². The Morgan fingerprint density at radius 2 is 2.05 bits per heavy atom. The lowest BCUT2D eigenvalue weighted by Gasteiger charge is -2.04. The summed E-state index contributed by atoms with van der Waals surface area (Å²) in [4.78, 5) is 20.1. The van der Waals surface area contributed by atoms with Crippen molar-refractivity contribution in [1.82, 2.24) is 0 Å². The van der Waals surface area contributed by atoms with Gasteiger partial charge >= 0.3 is 5.69 Å². The van der Waals surface area contributed by atoms with Crippen molar-refractivity contribution >= 4 is 23.3 Å². The minimum atomic E-state index is -0.681. The van der Waals surface area contributed by atoms with Gasteiger partial charge in [0.15, 0.2) is 0 Å². The lowest BCUT2D eigenvalue weighted by Crippen LogP contribution is -1.99. The van der Waals surface area contributed by atoms with Crippen LogP contribution in [0.5, 0.6) is 0 Å². The van der Waals surface area contributed by atoms with Crippen LogP contribution in [0.15, 0.2) is 23.3 Å². The van der Waals surface area contributed by atoms with E-state index in [9.17, 15) is 20.2 Å². The molecule has 0 aliphatic rings. The Hall–Kier alpha value is -2.51. The number of non-ortho nitro benzene ring substituents is 1. The van der Waals surface area contributed by atoms with Gasteiger partial charge in [-0.3, -0.25) is 25.7 Å². The van der Waals surface area contributed by atoms with Crippen LogP contribution in [0.2, 0.25) is 0 Å². The van der Waals surface area contributed by atoms with E-state index < -0.39 is 9.85 Å². The van der Waals surface area contributed by atoms with Crippen molar-refractivity contribution in [3.63, 3.8) is 0 Å². The van der Waals surface area contributed by atoms with Crippen LogP contribution < -0.4 is 5.43 Å². The van der Waals surface area contributed by atoms with Gasteiger partial charge in [-0.2, -0.15) is 5.10 Å². The van der Waals surface area contributed by atoms with Crippen LogP contribution in [0, 0.1) is 26.1 Å². The minimum Gasteiger partial charge on any atom is -0.272 e. The molecule has 0 radical (unpaired) electrons. The molecule has 1 N–H and O–H groups in total. The summed E-state index contributed by atoms with van der Waals surface area (Å²) in [6.07, 6.45) is 3.41. The van der Waals surface area contributed by atoms with E-state index in [1.807, 2.05) is 0 Å². The molecule has 20 heavy (non-hydrogen) atoms. The van der Waals surface area contributed by atoms with E-state index in [0.29, 0.717) is 5.92 Å².